The van der Waals surface area contributed by atoms with E-state index in [1.165, 1.54) is 37.2 Å². The fraction of sp³-hybridized carbons (Fsp3) is 0.238. The van der Waals surface area contributed by atoms with Gasteiger partial charge in [0.2, 0.25) is 0 Å². The van der Waals surface area contributed by atoms with Gasteiger partial charge < -0.3 is 24.8 Å². The van der Waals surface area contributed by atoms with Gasteiger partial charge in [-0.15, -0.1) is 0 Å². The van der Waals surface area contributed by atoms with Gasteiger partial charge in [0.05, 0.1) is 55.9 Å². The predicted molar refractivity (Wildman–Crippen MR) is 115 cm³/mol. The number of fused-ring (bicyclic) bond motifs is 1. The van der Waals surface area contributed by atoms with Crippen LogP contribution in [0.3, 0.4) is 0 Å². The Morgan fingerprint density at radius 1 is 1.06 bits per heavy atom. The lowest BCUT2D eigenvalue weighted by molar-refractivity contribution is 0.0600. The van der Waals surface area contributed by atoms with Crippen molar-refractivity contribution in [2.24, 2.45) is 0 Å². The molecule has 10 nitrogen and oxygen atoms in total. The minimum absolute atomic E-state index is 0.237. The second-order valence-electron chi connectivity index (χ2n) is 6.45. The number of urea groups is 1. The summed E-state index contributed by atoms with van der Waals surface area (Å²) in [6.07, 6.45) is 1.46. The highest BCUT2D eigenvalue weighted by atomic mass is 16.5. The number of esters is 1. The van der Waals surface area contributed by atoms with Crippen molar-refractivity contribution in [2.75, 3.05) is 38.6 Å². The molecule has 0 spiro atoms. The van der Waals surface area contributed by atoms with Gasteiger partial charge >= 0.3 is 12.0 Å². The van der Waals surface area contributed by atoms with Crippen LogP contribution in [0.5, 0.6) is 5.75 Å². The maximum absolute atomic E-state index is 12.7. The number of carbonyl (C=O) groups is 2. The van der Waals surface area contributed by atoms with Crippen LogP contribution in [0.2, 0.25) is 0 Å². The molecule has 2 aromatic carbocycles. The Labute approximate surface area is 177 Å². The average Bonchev–Trinajstić information content (AvgIpc) is 2.78. The molecule has 10 heteroatoms. The molecule has 0 aliphatic rings. The highest BCUT2D eigenvalue weighted by Gasteiger charge is 2.13. The monoisotopic (exact) mass is 426 g/mol. The van der Waals surface area contributed by atoms with Crippen LogP contribution < -0.4 is 20.9 Å². The van der Waals surface area contributed by atoms with Gasteiger partial charge in [-0.05, 0) is 36.4 Å². The molecule has 0 saturated carbocycles. The van der Waals surface area contributed by atoms with Crippen LogP contribution in [0, 0.1) is 0 Å². The molecule has 0 unspecified atom stereocenters. The molecule has 162 valence electrons. The third kappa shape index (κ3) is 4.98. The van der Waals surface area contributed by atoms with Gasteiger partial charge in [-0.1, -0.05) is 0 Å². The van der Waals surface area contributed by atoms with Gasteiger partial charge in [-0.25, -0.2) is 14.6 Å². The number of benzene rings is 2. The fourth-order valence-corrected chi connectivity index (χ4v) is 2.92. The summed E-state index contributed by atoms with van der Waals surface area (Å²) in [4.78, 5) is 41.2. The first-order valence-corrected chi connectivity index (χ1v) is 9.29. The number of methoxy groups -OCH3 is 3. The predicted octanol–water partition coefficient (Wildman–Crippen LogP) is 2.48. The van der Waals surface area contributed by atoms with E-state index in [-0.39, 0.29) is 16.8 Å². The van der Waals surface area contributed by atoms with Gasteiger partial charge in [0, 0.05) is 12.8 Å². The molecule has 0 saturated heterocycles. The van der Waals surface area contributed by atoms with Crippen molar-refractivity contribution < 1.29 is 23.8 Å². The maximum Gasteiger partial charge on any atom is 0.337 e. The van der Waals surface area contributed by atoms with E-state index in [2.05, 4.69) is 15.6 Å². The van der Waals surface area contributed by atoms with E-state index in [4.69, 9.17) is 14.2 Å². The van der Waals surface area contributed by atoms with Gasteiger partial charge in [0.25, 0.3) is 5.56 Å². The first-order valence-electron chi connectivity index (χ1n) is 9.29. The van der Waals surface area contributed by atoms with Crippen molar-refractivity contribution >= 4 is 34.3 Å². The summed E-state index contributed by atoms with van der Waals surface area (Å²) in [6.45, 7) is 0.743. The summed E-state index contributed by atoms with van der Waals surface area (Å²) in [6, 6.07) is 8.77. The van der Waals surface area contributed by atoms with E-state index < -0.39 is 12.0 Å². The molecule has 1 heterocycles. The number of nitrogens with one attached hydrogen (secondary N) is 2. The van der Waals surface area contributed by atoms with E-state index in [0.29, 0.717) is 35.5 Å². The highest BCUT2D eigenvalue weighted by Crippen LogP contribution is 2.26. The first kappa shape index (κ1) is 21.8. The normalized spacial score (nSPS) is 10.5. The van der Waals surface area contributed by atoms with Crippen LogP contribution in [-0.4, -0.2) is 49.5 Å². The second-order valence-corrected chi connectivity index (χ2v) is 6.45. The van der Waals surface area contributed by atoms with Crippen LogP contribution in [0.15, 0.2) is 47.5 Å². The first-order chi connectivity index (χ1) is 15.0. The number of hydrogen-bond acceptors (Lipinski definition) is 7. The Morgan fingerprint density at radius 2 is 1.87 bits per heavy atom. The Hall–Kier alpha value is -3.92. The summed E-state index contributed by atoms with van der Waals surface area (Å²) in [5, 5.41) is 5.66. The van der Waals surface area contributed by atoms with Gasteiger partial charge in [-0.2, -0.15) is 0 Å². The zero-order valence-electron chi connectivity index (χ0n) is 17.3. The molecule has 1 aromatic heterocycles. The van der Waals surface area contributed by atoms with E-state index in [1.807, 2.05) is 0 Å². The molecule has 0 bridgehead atoms. The maximum atomic E-state index is 12.7. The van der Waals surface area contributed by atoms with Crippen molar-refractivity contribution in [1.82, 2.24) is 9.55 Å². The number of amides is 2. The molecule has 3 rings (SSSR count). The van der Waals surface area contributed by atoms with Gasteiger partial charge in [-0.3, -0.25) is 9.36 Å². The summed E-state index contributed by atoms with van der Waals surface area (Å²) >= 11 is 0. The summed E-state index contributed by atoms with van der Waals surface area (Å²) in [5.74, 6) is -0.176. The van der Waals surface area contributed by atoms with Crippen molar-refractivity contribution in [3.8, 4) is 5.75 Å². The second kappa shape index (κ2) is 9.72. The molecule has 0 radical (unpaired) electrons. The molecule has 2 N–H and O–H groups in total. The van der Waals surface area contributed by atoms with Crippen molar-refractivity contribution in [2.45, 2.75) is 6.54 Å². The zero-order chi connectivity index (χ0) is 22.4. The lowest BCUT2D eigenvalue weighted by Gasteiger charge is -2.13. The minimum atomic E-state index is -0.580. The number of ether oxygens (including phenoxy) is 3. The summed E-state index contributed by atoms with van der Waals surface area (Å²) in [7, 11) is 4.27. The van der Waals surface area contributed by atoms with E-state index in [0.717, 1.165) is 0 Å². The minimum Gasteiger partial charge on any atom is -0.495 e. The molecular weight excluding hydrogens is 404 g/mol. The number of aromatic nitrogens is 2. The Kier molecular flexibility index (Phi) is 6.83. The number of carbonyl (C=O) groups excluding carboxylic acids is 2. The fourth-order valence-electron chi connectivity index (χ4n) is 2.92. The SMILES string of the molecule is COCCn1cnc2ccc(NC(=O)Nc3cc(C(=O)OC)ccc3OC)cc2c1=O. The van der Waals surface area contributed by atoms with Crippen molar-refractivity contribution in [3.63, 3.8) is 0 Å². The van der Waals surface area contributed by atoms with E-state index in [9.17, 15) is 14.4 Å². The van der Waals surface area contributed by atoms with Crippen molar-refractivity contribution in [3.05, 3.63) is 58.6 Å². The molecule has 3 aromatic rings. The molecule has 0 atom stereocenters. The molecule has 31 heavy (non-hydrogen) atoms. The number of rotatable bonds is 7. The number of anilines is 2. The van der Waals surface area contributed by atoms with Crippen molar-refractivity contribution in [1.29, 1.82) is 0 Å². The topological polar surface area (TPSA) is 121 Å². The molecule has 0 aliphatic heterocycles. The smallest absolute Gasteiger partial charge is 0.337 e. The Morgan fingerprint density at radius 3 is 2.58 bits per heavy atom. The van der Waals surface area contributed by atoms with Crippen LogP contribution in [0.1, 0.15) is 10.4 Å². The van der Waals surface area contributed by atoms with Crippen LogP contribution in [0.4, 0.5) is 16.2 Å². The van der Waals surface area contributed by atoms with E-state index in [1.54, 1.807) is 31.4 Å². The zero-order valence-corrected chi connectivity index (χ0v) is 17.3. The van der Waals surface area contributed by atoms with Gasteiger partial charge in [0.1, 0.15) is 5.75 Å². The third-order valence-electron chi connectivity index (χ3n) is 4.49. The standard InChI is InChI=1S/C21H22N4O6/c1-29-9-8-25-12-22-16-6-5-14(11-15(16)19(25)26)23-21(28)24-17-10-13(20(27)31-3)4-7-18(17)30-2/h4-7,10-12H,8-9H2,1-3H3,(H2,23,24,28). The molecule has 2 amide bonds. The average molecular weight is 426 g/mol. The lowest BCUT2D eigenvalue weighted by Crippen LogP contribution is -2.23. The molecule has 0 aliphatic carbocycles. The van der Waals surface area contributed by atoms with Crippen LogP contribution in [-0.2, 0) is 16.0 Å². The Bertz CT molecular complexity index is 1170. The number of nitrogens with zero attached hydrogens (tertiary/aromatic N) is 2. The largest absolute Gasteiger partial charge is 0.495 e. The summed E-state index contributed by atoms with van der Waals surface area (Å²) < 4.78 is 16.4. The lowest BCUT2D eigenvalue weighted by atomic mass is 10.2. The Balaban J connectivity index is 1.82. The highest BCUT2D eigenvalue weighted by molar-refractivity contribution is 6.02. The van der Waals surface area contributed by atoms with Crippen LogP contribution >= 0.6 is 0 Å². The molecule has 0 fully saturated rings. The van der Waals surface area contributed by atoms with Gasteiger partial charge in [0.15, 0.2) is 0 Å². The molecular formula is C21H22N4O6. The van der Waals surface area contributed by atoms with E-state index >= 15 is 0 Å². The number of hydrogen-bond donors (Lipinski definition) is 2. The summed E-state index contributed by atoms with van der Waals surface area (Å²) in [5.41, 5.74) is 1.21. The third-order valence-corrected chi connectivity index (χ3v) is 4.49. The quantitative estimate of drug-likeness (QED) is 0.557. The van der Waals surface area contributed by atoms with Crippen LogP contribution in [0.25, 0.3) is 10.9 Å².